The van der Waals surface area contributed by atoms with E-state index in [-0.39, 0.29) is 18.4 Å². The van der Waals surface area contributed by atoms with Gasteiger partial charge >= 0.3 is 0 Å². The number of para-hydroxylation sites is 1. The van der Waals surface area contributed by atoms with Gasteiger partial charge < -0.3 is 29.2 Å². The molecule has 3 rings (SSSR count). The van der Waals surface area contributed by atoms with Crippen LogP contribution in [-0.4, -0.2) is 64.3 Å². The number of hydrogen-bond acceptors (Lipinski definition) is 6. The summed E-state index contributed by atoms with van der Waals surface area (Å²) in [6.45, 7) is 1.86. The fourth-order valence-corrected chi connectivity index (χ4v) is 3.75. The summed E-state index contributed by atoms with van der Waals surface area (Å²) < 4.78 is 21.6. The molecular weight excluding hydrogens is 412 g/mol. The molecule has 32 heavy (non-hydrogen) atoms. The van der Waals surface area contributed by atoms with Crippen molar-refractivity contribution < 1.29 is 28.5 Å². The molecule has 0 saturated carbocycles. The number of nitrogens with one attached hydrogen (secondary N) is 1. The molecule has 1 fully saturated rings. The summed E-state index contributed by atoms with van der Waals surface area (Å²) in [5.41, 5.74) is 0.385. The third kappa shape index (κ3) is 5.63. The van der Waals surface area contributed by atoms with E-state index in [1.807, 2.05) is 35.2 Å². The molecule has 2 aromatic rings. The molecule has 0 aliphatic carbocycles. The van der Waals surface area contributed by atoms with Crippen LogP contribution in [-0.2, 0) is 4.79 Å². The van der Waals surface area contributed by atoms with E-state index in [0.717, 1.165) is 12.8 Å². The van der Waals surface area contributed by atoms with Gasteiger partial charge in [0.2, 0.25) is 5.75 Å². The normalized spacial score (nSPS) is 13.9. The fourth-order valence-electron chi connectivity index (χ4n) is 3.75. The Kier molecular flexibility index (Phi) is 8.19. The number of methoxy groups -OCH3 is 3. The molecule has 2 aromatic carbocycles. The van der Waals surface area contributed by atoms with Gasteiger partial charge in [-0.25, -0.2) is 0 Å². The molecule has 0 bridgehead atoms. The summed E-state index contributed by atoms with van der Waals surface area (Å²) in [4.78, 5) is 27.0. The van der Waals surface area contributed by atoms with E-state index in [2.05, 4.69) is 5.32 Å². The van der Waals surface area contributed by atoms with Crippen LogP contribution in [0, 0.1) is 5.92 Å². The Morgan fingerprint density at radius 3 is 2.25 bits per heavy atom. The predicted octanol–water partition coefficient (Wildman–Crippen LogP) is 2.76. The number of amides is 2. The van der Waals surface area contributed by atoms with Gasteiger partial charge in [0.05, 0.1) is 26.9 Å². The lowest BCUT2D eigenvalue weighted by Gasteiger charge is -2.32. The largest absolute Gasteiger partial charge is 0.493 e. The monoisotopic (exact) mass is 442 g/mol. The van der Waals surface area contributed by atoms with E-state index in [1.165, 1.54) is 21.3 Å². The lowest BCUT2D eigenvalue weighted by Crippen LogP contribution is -2.43. The maximum atomic E-state index is 12.8. The average Bonchev–Trinajstić information content (AvgIpc) is 2.85. The fraction of sp³-hybridized carbons (Fsp3) is 0.417. The van der Waals surface area contributed by atoms with Crippen LogP contribution in [0.5, 0.6) is 23.0 Å². The topological polar surface area (TPSA) is 86.3 Å². The number of benzene rings is 2. The van der Waals surface area contributed by atoms with Crippen LogP contribution in [0.25, 0.3) is 0 Å². The highest BCUT2D eigenvalue weighted by Crippen LogP contribution is 2.39. The highest BCUT2D eigenvalue weighted by Gasteiger charge is 2.25. The zero-order valence-corrected chi connectivity index (χ0v) is 18.8. The average molecular weight is 443 g/mol. The molecule has 172 valence electrons. The number of ether oxygens (including phenoxy) is 4. The molecule has 2 amide bonds. The number of likely N-dealkylation sites (tertiary alicyclic amines) is 1. The first-order valence-electron chi connectivity index (χ1n) is 10.6. The Morgan fingerprint density at radius 1 is 0.938 bits per heavy atom. The van der Waals surface area contributed by atoms with E-state index in [0.29, 0.717) is 54.1 Å². The summed E-state index contributed by atoms with van der Waals surface area (Å²) in [6.07, 6.45) is 1.64. The van der Waals surface area contributed by atoms with E-state index in [9.17, 15) is 9.59 Å². The molecule has 1 aliphatic rings. The van der Waals surface area contributed by atoms with Gasteiger partial charge in [0, 0.05) is 19.6 Å². The minimum atomic E-state index is -0.238. The summed E-state index contributed by atoms with van der Waals surface area (Å²) >= 11 is 0. The Balaban J connectivity index is 1.47. The standard InChI is InChI=1S/C24H30N2O6/c1-29-20-10-9-19(22(30-2)23(20)31-3)24(28)25-15-17-11-13-26(14-12-17)21(27)16-32-18-7-5-4-6-8-18/h4-10,17H,11-16H2,1-3H3,(H,25,28). The lowest BCUT2D eigenvalue weighted by atomic mass is 9.96. The minimum absolute atomic E-state index is 0.0218. The van der Waals surface area contributed by atoms with E-state index >= 15 is 0 Å². The van der Waals surface area contributed by atoms with Crippen molar-refractivity contribution >= 4 is 11.8 Å². The van der Waals surface area contributed by atoms with Gasteiger partial charge in [-0.3, -0.25) is 9.59 Å². The predicted molar refractivity (Wildman–Crippen MR) is 120 cm³/mol. The molecular formula is C24H30N2O6. The summed E-state index contributed by atoms with van der Waals surface area (Å²) in [7, 11) is 4.52. The van der Waals surface area contributed by atoms with Gasteiger partial charge in [0.25, 0.3) is 11.8 Å². The summed E-state index contributed by atoms with van der Waals surface area (Å²) in [5.74, 6) is 1.93. The number of piperidine rings is 1. The second kappa shape index (κ2) is 11.3. The van der Waals surface area contributed by atoms with Gasteiger partial charge in [-0.2, -0.15) is 0 Å². The minimum Gasteiger partial charge on any atom is -0.493 e. The molecule has 0 spiro atoms. The molecule has 0 unspecified atom stereocenters. The van der Waals surface area contributed by atoms with Crippen molar-refractivity contribution in [1.82, 2.24) is 10.2 Å². The Labute approximate surface area is 188 Å². The van der Waals surface area contributed by atoms with Crippen molar-refractivity contribution in [1.29, 1.82) is 0 Å². The van der Waals surface area contributed by atoms with Gasteiger partial charge in [0.1, 0.15) is 5.75 Å². The van der Waals surface area contributed by atoms with Gasteiger partial charge in [-0.1, -0.05) is 18.2 Å². The highest BCUT2D eigenvalue weighted by atomic mass is 16.5. The zero-order valence-electron chi connectivity index (χ0n) is 18.8. The molecule has 1 heterocycles. The van der Waals surface area contributed by atoms with Crippen molar-refractivity contribution in [2.24, 2.45) is 5.92 Å². The molecule has 0 atom stereocenters. The van der Waals surface area contributed by atoms with Crippen LogP contribution >= 0.6 is 0 Å². The van der Waals surface area contributed by atoms with Crippen LogP contribution in [0.1, 0.15) is 23.2 Å². The maximum absolute atomic E-state index is 12.8. The number of rotatable bonds is 9. The number of carbonyl (C=O) groups excluding carboxylic acids is 2. The summed E-state index contributed by atoms with van der Waals surface area (Å²) in [6, 6.07) is 12.6. The van der Waals surface area contributed by atoms with Crippen LogP contribution in [0.4, 0.5) is 0 Å². The third-order valence-electron chi connectivity index (χ3n) is 5.57. The zero-order chi connectivity index (χ0) is 22.9. The van der Waals surface area contributed by atoms with E-state index < -0.39 is 0 Å². The van der Waals surface area contributed by atoms with Gasteiger partial charge in [-0.05, 0) is 43.0 Å². The van der Waals surface area contributed by atoms with E-state index in [1.54, 1.807) is 12.1 Å². The second-order valence-electron chi connectivity index (χ2n) is 7.52. The van der Waals surface area contributed by atoms with Crippen LogP contribution < -0.4 is 24.3 Å². The molecule has 1 aliphatic heterocycles. The number of carbonyl (C=O) groups is 2. The van der Waals surface area contributed by atoms with Crippen molar-refractivity contribution in [3.8, 4) is 23.0 Å². The van der Waals surface area contributed by atoms with Crippen molar-refractivity contribution in [3.05, 3.63) is 48.0 Å². The van der Waals surface area contributed by atoms with Crippen LogP contribution in [0.3, 0.4) is 0 Å². The second-order valence-corrected chi connectivity index (χ2v) is 7.52. The van der Waals surface area contributed by atoms with Crippen molar-refractivity contribution in [3.63, 3.8) is 0 Å². The van der Waals surface area contributed by atoms with Crippen molar-refractivity contribution in [2.45, 2.75) is 12.8 Å². The number of nitrogens with zero attached hydrogens (tertiary/aromatic N) is 1. The van der Waals surface area contributed by atoms with Gasteiger partial charge in [0.15, 0.2) is 18.1 Å². The highest BCUT2D eigenvalue weighted by molar-refractivity contribution is 5.98. The molecule has 0 radical (unpaired) electrons. The van der Waals surface area contributed by atoms with E-state index in [4.69, 9.17) is 18.9 Å². The molecule has 0 aromatic heterocycles. The Bertz CT molecular complexity index is 910. The quantitative estimate of drug-likeness (QED) is 0.643. The SMILES string of the molecule is COc1ccc(C(=O)NCC2CCN(C(=O)COc3ccccc3)CC2)c(OC)c1OC. The van der Waals surface area contributed by atoms with Gasteiger partial charge in [-0.15, -0.1) is 0 Å². The first-order valence-corrected chi connectivity index (χ1v) is 10.6. The molecule has 8 heteroatoms. The Hall–Kier alpha value is -3.42. The Morgan fingerprint density at radius 2 is 1.62 bits per heavy atom. The lowest BCUT2D eigenvalue weighted by molar-refractivity contribution is -0.134. The summed E-state index contributed by atoms with van der Waals surface area (Å²) in [5, 5.41) is 2.98. The third-order valence-corrected chi connectivity index (χ3v) is 5.57. The number of hydrogen-bond donors (Lipinski definition) is 1. The first-order chi connectivity index (χ1) is 15.6. The smallest absolute Gasteiger partial charge is 0.260 e. The maximum Gasteiger partial charge on any atom is 0.260 e. The van der Waals surface area contributed by atoms with Crippen LogP contribution in [0.15, 0.2) is 42.5 Å². The van der Waals surface area contributed by atoms with Crippen LogP contribution in [0.2, 0.25) is 0 Å². The first kappa shape index (κ1) is 23.2. The van der Waals surface area contributed by atoms with Crippen molar-refractivity contribution in [2.75, 3.05) is 47.6 Å². The molecule has 1 N–H and O–H groups in total. The molecule has 1 saturated heterocycles. The molecule has 8 nitrogen and oxygen atoms in total.